The van der Waals surface area contributed by atoms with Gasteiger partial charge in [0.2, 0.25) is 5.91 Å². The molecule has 0 aliphatic rings. The van der Waals surface area contributed by atoms with Crippen molar-refractivity contribution in [3.8, 4) is 0 Å². The fourth-order valence-electron chi connectivity index (χ4n) is 1.58. The van der Waals surface area contributed by atoms with Crippen LogP contribution in [0.3, 0.4) is 0 Å². The maximum Gasteiger partial charge on any atom is 0.408 e. The van der Waals surface area contributed by atoms with Gasteiger partial charge in [-0.05, 0) is 5.56 Å². The Labute approximate surface area is 131 Å². The van der Waals surface area contributed by atoms with E-state index in [0.29, 0.717) is 5.56 Å². The predicted octanol–water partition coefficient (Wildman–Crippen LogP) is -0.0431. The summed E-state index contributed by atoms with van der Waals surface area (Å²) in [6, 6.07) is 7.31. The molecule has 0 aliphatic carbocycles. The van der Waals surface area contributed by atoms with Gasteiger partial charge in [-0.3, -0.25) is 14.4 Å². The van der Waals surface area contributed by atoms with Gasteiger partial charge in [0.15, 0.2) is 0 Å². The number of aliphatic carboxylic acids is 2. The highest BCUT2D eigenvalue weighted by atomic mass is 16.5. The second kappa shape index (κ2) is 9.03. The summed E-state index contributed by atoms with van der Waals surface area (Å²) in [6.07, 6.45) is -1.68. The Hall–Kier alpha value is -3.10. The van der Waals surface area contributed by atoms with Crippen molar-refractivity contribution in [2.45, 2.75) is 19.1 Å². The van der Waals surface area contributed by atoms with Crippen molar-refractivity contribution in [2.24, 2.45) is 0 Å². The number of hydrogen-bond donors (Lipinski definition) is 4. The lowest BCUT2D eigenvalue weighted by atomic mass is 10.2. The lowest BCUT2D eigenvalue weighted by Gasteiger charge is -2.16. The van der Waals surface area contributed by atoms with Gasteiger partial charge >= 0.3 is 18.0 Å². The molecule has 0 spiro atoms. The van der Waals surface area contributed by atoms with Crippen LogP contribution in [0, 0.1) is 0 Å². The molecule has 2 amide bonds. The van der Waals surface area contributed by atoms with Crippen molar-refractivity contribution in [3.63, 3.8) is 0 Å². The molecule has 0 aromatic heterocycles. The van der Waals surface area contributed by atoms with Crippen LogP contribution in [0.5, 0.6) is 0 Å². The van der Waals surface area contributed by atoms with Crippen LogP contribution >= 0.6 is 0 Å². The number of amides is 2. The molecule has 1 rings (SSSR count). The van der Waals surface area contributed by atoms with Gasteiger partial charge in [-0.1, -0.05) is 30.3 Å². The Kier molecular flexibility index (Phi) is 7.05. The van der Waals surface area contributed by atoms with Crippen LogP contribution in [0.15, 0.2) is 30.3 Å². The van der Waals surface area contributed by atoms with E-state index in [-0.39, 0.29) is 6.61 Å². The van der Waals surface area contributed by atoms with Crippen LogP contribution in [0.1, 0.15) is 12.0 Å². The topological polar surface area (TPSA) is 142 Å². The molecule has 0 bridgehead atoms. The van der Waals surface area contributed by atoms with Crippen molar-refractivity contribution >= 4 is 23.9 Å². The van der Waals surface area contributed by atoms with E-state index < -0.39 is 42.9 Å². The fourth-order valence-corrected chi connectivity index (χ4v) is 1.58. The van der Waals surface area contributed by atoms with Gasteiger partial charge in [0.1, 0.15) is 19.2 Å². The van der Waals surface area contributed by atoms with E-state index in [1.54, 1.807) is 30.3 Å². The molecular weight excluding hydrogens is 308 g/mol. The van der Waals surface area contributed by atoms with E-state index in [4.69, 9.17) is 14.9 Å². The third-order valence-electron chi connectivity index (χ3n) is 2.61. The van der Waals surface area contributed by atoms with E-state index in [1.807, 2.05) is 5.32 Å². The second-order valence-corrected chi connectivity index (χ2v) is 4.47. The lowest BCUT2D eigenvalue weighted by molar-refractivity contribution is -0.140. The Morgan fingerprint density at radius 2 is 1.70 bits per heavy atom. The van der Waals surface area contributed by atoms with E-state index in [9.17, 15) is 19.2 Å². The predicted molar refractivity (Wildman–Crippen MR) is 76.4 cm³/mol. The average molecular weight is 324 g/mol. The maximum absolute atomic E-state index is 11.7. The van der Waals surface area contributed by atoms with Gasteiger partial charge in [0.05, 0.1) is 6.42 Å². The van der Waals surface area contributed by atoms with Gasteiger partial charge in [-0.2, -0.15) is 0 Å². The zero-order valence-corrected chi connectivity index (χ0v) is 12.0. The number of benzene rings is 1. The van der Waals surface area contributed by atoms with Gasteiger partial charge in [-0.25, -0.2) is 4.79 Å². The van der Waals surface area contributed by atoms with Crippen LogP contribution in [0.2, 0.25) is 0 Å². The summed E-state index contributed by atoms with van der Waals surface area (Å²) in [5.74, 6) is -3.55. The summed E-state index contributed by atoms with van der Waals surface area (Å²) >= 11 is 0. The first-order valence-electron chi connectivity index (χ1n) is 6.57. The highest BCUT2D eigenvalue weighted by Crippen LogP contribution is 2.01. The first kappa shape index (κ1) is 18.0. The maximum atomic E-state index is 11.7. The molecule has 1 aromatic rings. The molecule has 9 heteroatoms. The molecule has 0 aliphatic heterocycles. The van der Waals surface area contributed by atoms with Crippen LogP contribution in [-0.4, -0.2) is 46.7 Å². The SMILES string of the molecule is O=C(O)CNC(=O)[C@H](CC(=O)O)NC(=O)OCc1ccccc1. The summed E-state index contributed by atoms with van der Waals surface area (Å²) in [5.41, 5.74) is 0.716. The van der Waals surface area contributed by atoms with E-state index in [2.05, 4.69) is 5.32 Å². The average Bonchev–Trinajstić information content (AvgIpc) is 2.50. The van der Waals surface area contributed by atoms with E-state index in [0.717, 1.165) is 0 Å². The minimum absolute atomic E-state index is 0.0524. The zero-order valence-electron chi connectivity index (χ0n) is 12.0. The molecule has 4 N–H and O–H groups in total. The number of carboxylic acids is 2. The van der Waals surface area contributed by atoms with Crippen molar-refractivity contribution in [3.05, 3.63) is 35.9 Å². The molecule has 0 saturated carbocycles. The minimum Gasteiger partial charge on any atom is -0.481 e. The van der Waals surface area contributed by atoms with Crippen LogP contribution in [0.25, 0.3) is 0 Å². The summed E-state index contributed by atoms with van der Waals surface area (Å²) in [4.78, 5) is 44.4. The summed E-state index contributed by atoms with van der Waals surface area (Å²) < 4.78 is 4.88. The Bertz CT molecular complexity index is 574. The molecule has 1 aromatic carbocycles. The Balaban J connectivity index is 2.54. The number of carbonyl (C=O) groups is 4. The summed E-state index contributed by atoms with van der Waals surface area (Å²) in [5, 5.41) is 21.3. The minimum atomic E-state index is -1.44. The van der Waals surface area contributed by atoms with E-state index in [1.165, 1.54) is 0 Å². The van der Waals surface area contributed by atoms with Crippen molar-refractivity contribution in [1.82, 2.24) is 10.6 Å². The molecule has 23 heavy (non-hydrogen) atoms. The van der Waals surface area contributed by atoms with E-state index >= 15 is 0 Å². The highest BCUT2D eigenvalue weighted by molar-refractivity contribution is 5.90. The molecule has 0 radical (unpaired) electrons. The number of rotatable bonds is 8. The summed E-state index contributed by atoms with van der Waals surface area (Å²) in [7, 11) is 0. The highest BCUT2D eigenvalue weighted by Gasteiger charge is 2.24. The second-order valence-electron chi connectivity index (χ2n) is 4.47. The number of nitrogens with one attached hydrogen (secondary N) is 2. The van der Waals surface area contributed by atoms with Gasteiger partial charge in [0, 0.05) is 0 Å². The first-order valence-corrected chi connectivity index (χ1v) is 6.57. The van der Waals surface area contributed by atoms with Crippen molar-refractivity contribution in [2.75, 3.05) is 6.54 Å². The zero-order chi connectivity index (χ0) is 17.2. The van der Waals surface area contributed by atoms with Crippen molar-refractivity contribution < 1.29 is 34.1 Å². The van der Waals surface area contributed by atoms with Gasteiger partial charge < -0.3 is 25.6 Å². The van der Waals surface area contributed by atoms with Crippen LogP contribution in [0.4, 0.5) is 4.79 Å². The third kappa shape index (κ3) is 7.46. The number of carboxylic acid groups (broad SMARTS) is 2. The standard InChI is InChI=1S/C14H16N2O7/c17-11(18)6-10(13(21)15-7-12(19)20)16-14(22)23-8-9-4-2-1-3-5-9/h1-5,10H,6-8H2,(H,15,21)(H,16,22)(H,17,18)(H,19,20)/t10-/m0/s1. The molecule has 0 heterocycles. The largest absolute Gasteiger partial charge is 0.481 e. The number of alkyl carbamates (subject to hydrolysis) is 1. The molecule has 124 valence electrons. The molecule has 0 saturated heterocycles. The smallest absolute Gasteiger partial charge is 0.408 e. The van der Waals surface area contributed by atoms with Gasteiger partial charge in [-0.15, -0.1) is 0 Å². The number of hydrogen-bond acceptors (Lipinski definition) is 5. The quantitative estimate of drug-likeness (QED) is 0.525. The lowest BCUT2D eigenvalue weighted by Crippen LogP contribution is -2.49. The van der Waals surface area contributed by atoms with Crippen LogP contribution < -0.4 is 10.6 Å². The number of carbonyl (C=O) groups excluding carboxylic acids is 2. The Morgan fingerprint density at radius 1 is 1.04 bits per heavy atom. The van der Waals surface area contributed by atoms with Crippen LogP contribution in [-0.2, 0) is 25.7 Å². The molecule has 9 nitrogen and oxygen atoms in total. The fraction of sp³-hybridized carbons (Fsp3) is 0.286. The first-order chi connectivity index (χ1) is 10.9. The third-order valence-corrected chi connectivity index (χ3v) is 2.61. The Morgan fingerprint density at radius 3 is 2.26 bits per heavy atom. The van der Waals surface area contributed by atoms with Gasteiger partial charge in [0.25, 0.3) is 0 Å². The summed E-state index contributed by atoms with van der Waals surface area (Å²) in [6.45, 7) is -0.737. The molecule has 0 fully saturated rings. The molecular formula is C14H16N2O7. The molecule has 0 unspecified atom stereocenters. The molecule has 1 atom stereocenters. The van der Waals surface area contributed by atoms with Crippen molar-refractivity contribution in [1.29, 1.82) is 0 Å². The number of ether oxygens (including phenoxy) is 1. The monoisotopic (exact) mass is 324 g/mol. The normalized spacial score (nSPS) is 11.1.